The van der Waals surface area contributed by atoms with Crippen molar-refractivity contribution in [3.8, 4) is 22.6 Å². The Morgan fingerprint density at radius 3 is 2.05 bits per heavy atom. The smallest absolute Gasteiger partial charge is 0.416 e. The first-order valence-corrected chi connectivity index (χ1v) is 6.52. The van der Waals surface area contributed by atoms with Gasteiger partial charge in [0.05, 0.1) is 5.56 Å². The minimum atomic E-state index is -4.35. The van der Waals surface area contributed by atoms with Crippen LogP contribution in [-0.4, -0.2) is 10.2 Å². The van der Waals surface area contributed by atoms with Gasteiger partial charge in [-0.1, -0.05) is 30.3 Å². The quantitative estimate of drug-likeness (QED) is 0.687. The average molecular weight is 304 g/mol. The fourth-order valence-electron chi connectivity index (χ4n) is 2.17. The molecule has 0 unspecified atom stereocenters. The van der Waals surface area contributed by atoms with Gasteiger partial charge in [0.1, 0.15) is 0 Å². The molecule has 2 aromatic carbocycles. The van der Waals surface area contributed by atoms with Gasteiger partial charge in [-0.15, -0.1) is 10.2 Å². The maximum Gasteiger partial charge on any atom is 0.416 e. The van der Waals surface area contributed by atoms with E-state index in [0.717, 1.165) is 17.7 Å². The van der Waals surface area contributed by atoms with E-state index in [-0.39, 0.29) is 0 Å². The molecule has 0 spiro atoms. The summed E-state index contributed by atoms with van der Waals surface area (Å²) >= 11 is 0. The molecule has 0 fully saturated rings. The Hall–Kier alpha value is -2.63. The predicted octanol–water partition coefficient (Wildman–Crippen LogP) is 4.73. The predicted molar refractivity (Wildman–Crippen MR) is 74.9 cm³/mol. The number of halogens is 3. The molecule has 3 aromatic rings. The molecule has 0 aliphatic rings. The maximum absolute atomic E-state index is 12.6. The van der Waals surface area contributed by atoms with Gasteiger partial charge in [0.25, 0.3) is 0 Å². The molecule has 0 amide bonds. The number of nitrogens with zero attached hydrogens (tertiary/aromatic N) is 2. The monoisotopic (exact) mass is 304 g/mol. The van der Waals surface area contributed by atoms with Crippen molar-refractivity contribution in [3.63, 3.8) is 0 Å². The Labute approximate surface area is 124 Å². The number of aromatic nitrogens is 2. The molecule has 3 nitrogen and oxygen atoms in total. The van der Waals surface area contributed by atoms with Crippen LogP contribution in [0.5, 0.6) is 0 Å². The lowest BCUT2D eigenvalue weighted by molar-refractivity contribution is -0.137. The van der Waals surface area contributed by atoms with E-state index in [1.54, 1.807) is 25.1 Å². The highest BCUT2D eigenvalue weighted by Crippen LogP contribution is 2.34. The first kappa shape index (κ1) is 14.3. The van der Waals surface area contributed by atoms with E-state index in [4.69, 9.17) is 4.42 Å². The third-order valence-corrected chi connectivity index (χ3v) is 3.21. The molecular formula is C16H11F3N2O. The van der Waals surface area contributed by atoms with Crippen LogP contribution >= 0.6 is 0 Å². The van der Waals surface area contributed by atoms with Crippen LogP contribution in [0.25, 0.3) is 22.6 Å². The van der Waals surface area contributed by atoms with E-state index in [1.807, 2.05) is 6.07 Å². The van der Waals surface area contributed by atoms with Crippen molar-refractivity contribution in [2.75, 3.05) is 0 Å². The largest absolute Gasteiger partial charge is 0.421 e. The minimum absolute atomic E-state index is 0.341. The van der Waals surface area contributed by atoms with E-state index in [0.29, 0.717) is 22.9 Å². The number of benzene rings is 2. The van der Waals surface area contributed by atoms with Gasteiger partial charge < -0.3 is 4.42 Å². The second kappa shape index (κ2) is 5.29. The summed E-state index contributed by atoms with van der Waals surface area (Å²) in [7, 11) is 0. The highest BCUT2D eigenvalue weighted by Gasteiger charge is 2.30. The maximum atomic E-state index is 12.6. The molecule has 6 heteroatoms. The fraction of sp³-hybridized carbons (Fsp3) is 0.125. The van der Waals surface area contributed by atoms with Gasteiger partial charge >= 0.3 is 6.18 Å². The lowest BCUT2D eigenvalue weighted by Crippen LogP contribution is -2.04. The van der Waals surface area contributed by atoms with E-state index in [2.05, 4.69) is 10.2 Å². The number of alkyl halides is 3. The Bertz CT molecular complexity index is 792. The molecule has 22 heavy (non-hydrogen) atoms. The summed E-state index contributed by atoms with van der Waals surface area (Å²) < 4.78 is 43.3. The number of aryl methyl sites for hydroxylation is 1. The summed E-state index contributed by atoms with van der Waals surface area (Å²) in [6, 6.07) is 12.2. The molecule has 0 N–H and O–H groups in total. The molecule has 3 rings (SSSR count). The Kier molecular flexibility index (Phi) is 3.44. The third-order valence-electron chi connectivity index (χ3n) is 3.21. The average Bonchev–Trinajstić information content (AvgIpc) is 2.93. The van der Waals surface area contributed by atoms with Gasteiger partial charge in [-0.2, -0.15) is 13.2 Å². The van der Waals surface area contributed by atoms with Crippen molar-refractivity contribution in [2.24, 2.45) is 0 Å². The lowest BCUT2D eigenvalue weighted by atomic mass is 9.98. The lowest BCUT2D eigenvalue weighted by Gasteiger charge is -2.09. The zero-order valence-electron chi connectivity index (χ0n) is 11.6. The molecule has 112 valence electrons. The van der Waals surface area contributed by atoms with Crippen molar-refractivity contribution in [2.45, 2.75) is 13.1 Å². The van der Waals surface area contributed by atoms with E-state index in [1.165, 1.54) is 12.1 Å². The number of hydrogen-bond acceptors (Lipinski definition) is 3. The highest BCUT2D eigenvalue weighted by atomic mass is 19.4. The van der Waals surface area contributed by atoms with E-state index in [9.17, 15) is 13.2 Å². The van der Waals surface area contributed by atoms with Gasteiger partial charge in [0.2, 0.25) is 11.8 Å². The topological polar surface area (TPSA) is 38.9 Å². The second-order valence-electron chi connectivity index (χ2n) is 4.75. The molecule has 0 saturated heterocycles. The van der Waals surface area contributed by atoms with Crippen LogP contribution in [0.4, 0.5) is 13.2 Å². The highest BCUT2D eigenvalue weighted by molar-refractivity contribution is 5.79. The van der Waals surface area contributed by atoms with Gasteiger partial charge in [0.15, 0.2) is 0 Å². The first-order valence-electron chi connectivity index (χ1n) is 6.52. The Morgan fingerprint density at radius 2 is 1.50 bits per heavy atom. The first-order chi connectivity index (χ1) is 10.4. The van der Waals surface area contributed by atoms with Gasteiger partial charge in [-0.25, -0.2) is 0 Å². The van der Waals surface area contributed by atoms with Crippen LogP contribution in [-0.2, 0) is 6.18 Å². The van der Waals surface area contributed by atoms with Crippen LogP contribution in [0, 0.1) is 6.92 Å². The van der Waals surface area contributed by atoms with Crippen LogP contribution in [0.2, 0.25) is 0 Å². The van der Waals surface area contributed by atoms with Crippen LogP contribution in [0.3, 0.4) is 0 Å². The van der Waals surface area contributed by atoms with Crippen molar-refractivity contribution < 1.29 is 17.6 Å². The van der Waals surface area contributed by atoms with Gasteiger partial charge in [-0.3, -0.25) is 0 Å². The zero-order valence-corrected chi connectivity index (χ0v) is 11.6. The molecule has 0 bridgehead atoms. The van der Waals surface area contributed by atoms with E-state index < -0.39 is 11.7 Å². The zero-order chi connectivity index (χ0) is 15.7. The third kappa shape index (κ3) is 2.72. The van der Waals surface area contributed by atoms with Crippen LogP contribution in [0.15, 0.2) is 52.9 Å². The number of hydrogen-bond donors (Lipinski definition) is 0. The van der Waals surface area contributed by atoms with Crippen LogP contribution in [0.1, 0.15) is 11.5 Å². The van der Waals surface area contributed by atoms with Gasteiger partial charge in [-0.05, 0) is 29.3 Å². The molecular weight excluding hydrogens is 293 g/mol. The normalized spacial score (nSPS) is 11.6. The standard InChI is InChI=1S/C16H11F3N2O/c1-10-20-21-15(22-10)14-5-3-2-4-13(14)11-6-8-12(9-7-11)16(17,18)19/h2-9H,1H3. The molecule has 1 heterocycles. The number of rotatable bonds is 2. The summed E-state index contributed by atoms with van der Waals surface area (Å²) in [6.45, 7) is 1.68. The summed E-state index contributed by atoms with van der Waals surface area (Å²) in [5.41, 5.74) is 1.39. The molecule has 0 aliphatic carbocycles. The summed E-state index contributed by atoms with van der Waals surface area (Å²) in [5, 5.41) is 7.74. The minimum Gasteiger partial charge on any atom is -0.421 e. The van der Waals surface area contributed by atoms with Gasteiger partial charge in [0, 0.05) is 12.5 Å². The molecule has 1 aromatic heterocycles. The molecule has 0 radical (unpaired) electrons. The second-order valence-corrected chi connectivity index (χ2v) is 4.75. The summed E-state index contributed by atoms with van der Waals surface area (Å²) in [4.78, 5) is 0. The van der Waals surface area contributed by atoms with E-state index >= 15 is 0 Å². The van der Waals surface area contributed by atoms with Crippen LogP contribution < -0.4 is 0 Å². The summed E-state index contributed by atoms with van der Waals surface area (Å²) in [6.07, 6.45) is -4.35. The fourth-order valence-corrected chi connectivity index (χ4v) is 2.17. The SMILES string of the molecule is Cc1nnc(-c2ccccc2-c2ccc(C(F)(F)F)cc2)o1. The molecule has 0 saturated carbocycles. The van der Waals surface area contributed by atoms with Crippen molar-refractivity contribution in [3.05, 3.63) is 60.0 Å². The van der Waals surface area contributed by atoms with Crippen molar-refractivity contribution in [1.29, 1.82) is 0 Å². The molecule has 0 atom stereocenters. The Morgan fingerprint density at radius 1 is 0.864 bits per heavy atom. The summed E-state index contributed by atoms with van der Waals surface area (Å²) in [5.74, 6) is 0.769. The van der Waals surface area contributed by atoms with Crippen molar-refractivity contribution in [1.82, 2.24) is 10.2 Å². The van der Waals surface area contributed by atoms with Crippen molar-refractivity contribution >= 4 is 0 Å². The Balaban J connectivity index is 2.06. The molecule has 0 aliphatic heterocycles.